The van der Waals surface area contributed by atoms with Crippen LogP contribution >= 0.6 is 11.8 Å². The Morgan fingerprint density at radius 1 is 1.00 bits per heavy atom. The number of carboxylic acids is 3. The highest BCUT2D eigenvalue weighted by Gasteiger charge is 2.21. The van der Waals surface area contributed by atoms with Crippen LogP contribution in [0.3, 0.4) is 0 Å². The Hall–Kier alpha value is -2.10. The molecule has 0 saturated carbocycles. The Labute approximate surface area is 117 Å². The number of rotatable bonds is 8. The summed E-state index contributed by atoms with van der Waals surface area (Å²) >= 11 is 0.428. The molecule has 0 bridgehead atoms. The first-order valence-corrected chi connectivity index (χ1v) is 6.36. The third kappa shape index (κ3) is 8.08. The number of nitrogens with one attached hydrogen (secondary N) is 1. The molecule has 0 fully saturated rings. The molecular formula is C10H13NO8S. The summed E-state index contributed by atoms with van der Waals surface area (Å²) in [7, 11) is 0. The number of carbonyl (C=O) groups excluding carboxylic acids is 2. The highest BCUT2D eigenvalue weighted by atomic mass is 32.2. The highest BCUT2D eigenvalue weighted by molar-refractivity contribution is 8.15. The molecule has 9 nitrogen and oxygen atoms in total. The number of carboxylic acid groups (broad SMARTS) is 3. The van der Waals surface area contributed by atoms with Gasteiger partial charge in [0.15, 0.2) is 0 Å². The third-order valence-corrected chi connectivity index (χ3v) is 2.89. The average Bonchev–Trinajstić information content (AvgIpc) is 2.34. The van der Waals surface area contributed by atoms with E-state index < -0.39 is 41.4 Å². The monoisotopic (exact) mass is 307 g/mol. The number of hydrogen-bond donors (Lipinski definition) is 4. The van der Waals surface area contributed by atoms with Crippen molar-refractivity contribution in [3.8, 4) is 0 Å². The number of thioether (sulfide) groups is 1. The van der Waals surface area contributed by atoms with Crippen LogP contribution in [0.2, 0.25) is 0 Å². The van der Waals surface area contributed by atoms with Crippen LogP contribution in [0.25, 0.3) is 0 Å². The van der Waals surface area contributed by atoms with E-state index in [2.05, 4.69) is 5.32 Å². The van der Waals surface area contributed by atoms with Crippen molar-refractivity contribution in [2.75, 3.05) is 5.75 Å². The summed E-state index contributed by atoms with van der Waals surface area (Å²) in [6.07, 6.45) is -0.942. The molecule has 0 saturated heterocycles. The molecule has 0 aliphatic carbocycles. The molecule has 0 aromatic rings. The van der Waals surface area contributed by atoms with Crippen molar-refractivity contribution in [2.24, 2.45) is 0 Å². The Morgan fingerprint density at radius 3 is 2.05 bits per heavy atom. The summed E-state index contributed by atoms with van der Waals surface area (Å²) < 4.78 is 0. The van der Waals surface area contributed by atoms with E-state index in [0.717, 1.165) is 0 Å². The standard InChI is InChI=1S/C10H13NO8S/c12-6(1-2-7(13)14)11-5(8(15)16)3-4-20-10(19)9(17)18/h5H,1-4H2,(H,11,12)(H,13,14)(H,15,16)(H,17,18)/t5-/m0/s1. The maximum atomic E-state index is 11.3. The van der Waals surface area contributed by atoms with Gasteiger partial charge in [-0.15, -0.1) is 0 Å². The average molecular weight is 307 g/mol. The van der Waals surface area contributed by atoms with Crippen LogP contribution in [0, 0.1) is 0 Å². The first-order chi connectivity index (χ1) is 9.23. The van der Waals surface area contributed by atoms with Gasteiger partial charge in [-0.05, 0) is 6.42 Å². The quantitative estimate of drug-likeness (QED) is 0.419. The number of aliphatic carboxylic acids is 3. The lowest BCUT2D eigenvalue weighted by Gasteiger charge is -2.13. The lowest BCUT2D eigenvalue weighted by Crippen LogP contribution is -2.41. The molecule has 0 aromatic carbocycles. The summed E-state index contributed by atoms with van der Waals surface area (Å²) in [6.45, 7) is 0. The maximum absolute atomic E-state index is 11.3. The van der Waals surface area contributed by atoms with Gasteiger partial charge >= 0.3 is 17.9 Å². The van der Waals surface area contributed by atoms with Gasteiger partial charge in [0.2, 0.25) is 5.91 Å². The fraction of sp³-hybridized carbons (Fsp3) is 0.500. The lowest BCUT2D eigenvalue weighted by molar-refractivity contribution is -0.144. The fourth-order valence-electron chi connectivity index (χ4n) is 1.08. The second-order valence-electron chi connectivity index (χ2n) is 3.58. The van der Waals surface area contributed by atoms with E-state index in [1.807, 2.05) is 0 Å². The molecule has 0 aliphatic heterocycles. The summed E-state index contributed by atoms with van der Waals surface area (Å²) in [4.78, 5) is 53.3. The fourth-order valence-corrected chi connectivity index (χ4v) is 1.74. The van der Waals surface area contributed by atoms with Gasteiger partial charge in [-0.2, -0.15) is 0 Å². The Bertz CT molecular complexity index is 421. The van der Waals surface area contributed by atoms with Gasteiger partial charge in [-0.25, -0.2) is 9.59 Å². The predicted octanol–water partition coefficient (Wildman–Crippen LogP) is -0.845. The van der Waals surface area contributed by atoms with E-state index in [0.29, 0.717) is 11.8 Å². The zero-order chi connectivity index (χ0) is 15.7. The molecule has 1 amide bonds. The third-order valence-electron chi connectivity index (χ3n) is 2.01. The van der Waals surface area contributed by atoms with E-state index in [-0.39, 0.29) is 18.6 Å². The molecule has 0 aromatic heterocycles. The van der Waals surface area contributed by atoms with Crippen LogP contribution in [0.4, 0.5) is 0 Å². The van der Waals surface area contributed by atoms with E-state index in [4.69, 9.17) is 15.3 Å². The first kappa shape index (κ1) is 17.9. The van der Waals surface area contributed by atoms with E-state index >= 15 is 0 Å². The molecule has 0 unspecified atom stereocenters. The molecule has 10 heteroatoms. The van der Waals surface area contributed by atoms with Crippen LogP contribution in [-0.4, -0.2) is 56.0 Å². The van der Waals surface area contributed by atoms with Crippen LogP contribution < -0.4 is 5.32 Å². The van der Waals surface area contributed by atoms with Gasteiger partial charge in [-0.3, -0.25) is 14.4 Å². The molecule has 112 valence electrons. The maximum Gasteiger partial charge on any atom is 0.383 e. The van der Waals surface area contributed by atoms with Gasteiger partial charge in [0, 0.05) is 12.2 Å². The Kier molecular flexibility index (Phi) is 7.97. The second kappa shape index (κ2) is 8.91. The molecule has 0 heterocycles. The molecule has 0 aliphatic rings. The summed E-state index contributed by atoms with van der Waals surface area (Å²) in [6, 6.07) is -1.30. The lowest BCUT2D eigenvalue weighted by atomic mass is 10.2. The topological polar surface area (TPSA) is 158 Å². The number of hydrogen-bond acceptors (Lipinski definition) is 6. The van der Waals surface area contributed by atoms with Gasteiger partial charge in [0.25, 0.3) is 5.12 Å². The molecular weight excluding hydrogens is 294 g/mol. The predicted molar refractivity (Wildman–Crippen MR) is 66.2 cm³/mol. The molecule has 1 atom stereocenters. The van der Waals surface area contributed by atoms with Crippen molar-refractivity contribution in [3.63, 3.8) is 0 Å². The molecule has 20 heavy (non-hydrogen) atoms. The zero-order valence-corrected chi connectivity index (χ0v) is 11.0. The van der Waals surface area contributed by atoms with Crippen molar-refractivity contribution in [3.05, 3.63) is 0 Å². The van der Waals surface area contributed by atoms with Crippen LogP contribution in [-0.2, 0) is 24.0 Å². The Balaban J connectivity index is 4.20. The smallest absolute Gasteiger partial charge is 0.383 e. The van der Waals surface area contributed by atoms with Crippen LogP contribution in [0.5, 0.6) is 0 Å². The summed E-state index contributed by atoms with van der Waals surface area (Å²) in [5, 5.41) is 26.5. The van der Waals surface area contributed by atoms with Crippen molar-refractivity contribution < 1.29 is 39.3 Å². The minimum Gasteiger partial charge on any atom is -0.481 e. The summed E-state index contributed by atoms with van der Waals surface area (Å²) in [5.74, 6) is -5.00. The molecule has 0 spiro atoms. The SMILES string of the molecule is O=C(O)CCC(=O)N[C@@H](CCSC(=O)C(=O)O)C(=O)O. The minimum atomic E-state index is -1.63. The van der Waals surface area contributed by atoms with E-state index in [1.54, 1.807) is 0 Å². The highest BCUT2D eigenvalue weighted by Crippen LogP contribution is 2.07. The van der Waals surface area contributed by atoms with Crippen molar-refractivity contribution in [2.45, 2.75) is 25.3 Å². The van der Waals surface area contributed by atoms with Gasteiger partial charge in [0.05, 0.1) is 6.42 Å². The Morgan fingerprint density at radius 2 is 1.60 bits per heavy atom. The van der Waals surface area contributed by atoms with Crippen LogP contribution in [0.15, 0.2) is 0 Å². The minimum absolute atomic E-state index is 0.0959. The number of carbonyl (C=O) groups is 5. The second-order valence-corrected chi connectivity index (χ2v) is 4.65. The normalized spacial score (nSPS) is 11.4. The van der Waals surface area contributed by atoms with E-state index in [1.165, 1.54) is 0 Å². The van der Waals surface area contributed by atoms with E-state index in [9.17, 15) is 24.0 Å². The molecule has 0 radical (unpaired) electrons. The van der Waals surface area contributed by atoms with Gasteiger partial charge < -0.3 is 20.6 Å². The van der Waals surface area contributed by atoms with Gasteiger partial charge in [-0.1, -0.05) is 11.8 Å². The summed E-state index contributed by atoms with van der Waals surface area (Å²) in [5.41, 5.74) is 0. The number of amides is 1. The molecule has 0 rings (SSSR count). The molecule has 4 N–H and O–H groups in total. The largest absolute Gasteiger partial charge is 0.481 e. The van der Waals surface area contributed by atoms with Crippen molar-refractivity contribution in [1.82, 2.24) is 5.32 Å². The van der Waals surface area contributed by atoms with Crippen LogP contribution in [0.1, 0.15) is 19.3 Å². The van der Waals surface area contributed by atoms with Gasteiger partial charge in [0.1, 0.15) is 6.04 Å². The van der Waals surface area contributed by atoms with Crippen molar-refractivity contribution in [1.29, 1.82) is 0 Å². The zero-order valence-electron chi connectivity index (χ0n) is 10.2. The first-order valence-electron chi connectivity index (χ1n) is 5.38. The van der Waals surface area contributed by atoms with Crippen molar-refractivity contribution >= 4 is 40.7 Å².